The van der Waals surface area contributed by atoms with Crippen molar-refractivity contribution in [1.29, 1.82) is 0 Å². The summed E-state index contributed by atoms with van der Waals surface area (Å²) in [6.45, 7) is 4.56. The van der Waals surface area contributed by atoms with Crippen molar-refractivity contribution < 1.29 is 0 Å². The smallest absolute Gasteiger partial charge is 0.252 e. The Kier molecular flexibility index (Phi) is 16.9. The fourth-order valence-electron chi connectivity index (χ4n) is 16.7. The van der Waals surface area contributed by atoms with Crippen LogP contribution in [0.1, 0.15) is 25.0 Å². The van der Waals surface area contributed by atoms with Gasteiger partial charge in [0.05, 0.1) is 38.5 Å². The number of hydrogen-bond acceptors (Lipinski definition) is 4. The third-order valence-electron chi connectivity index (χ3n) is 21.7. The normalized spacial score (nSPS) is 12.0. The first-order valence-corrected chi connectivity index (χ1v) is 37.8. The molecule has 16 aromatic carbocycles. The number of halogens is 1. The van der Waals surface area contributed by atoms with E-state index in [1.165, 1.54) is 111 Å². The van der Waals surface area contributed by atoms with Crippen LogP contribution in [0.5, 0.6) is 0 Å². The molecule has 0 aliphatic carbocycles. The van der Waals surface area contributed by atoms with Gasteiger partial charge in [-0.3, -0.25) is 0 Å². The molecule has 0 N–H and O–H groups in total. The number of para-hydroxylation sites is 10. The van der Waals surface area contributed by atoms with E-state index in [9.17, 15) is 0 Å². The van der Waals surface area contributed by atoms with E-state index < -0.39 is 0 Å². The molecule has 8 heteroatoms. The number of aryl methyl sites for hydroxylation is 2. The van der Waals surface area contributed by atoms with Crippen molar-refractivity contribution >= 4 is 147 Å². The van der Waals surface area contributed by atoms with Gasteiger partial charge >= 0.3 is 0 Å². The van der Waals surface area contributed by atoms with Crippen LogP contribution in [-0.2, 0) is 12.8 Å². The lowest BCUT2D eigenvalue weighted by Gasteiger charge is -2.44. The molecule has 2 aromatic heterocycles. The first-order chi connectivity index (χ1) is 53.4. The third kappa shape index (κ3) is 11.5. The van der Waals surface area contributed by atoms with Crippen molar-refractivity contribution in [2.24, 2.45) is 0 Å². The highest BCUT2D eigenvalue weighted by molar-refractivity contribution is 7.00. The van der Waals surface area contributed by atoms with E-state index in [-0.39, 0.29) is 6.71 Å². The molecule has 2 aliphatic rings. The van der Waals surface area contributed by atoms with Crippen LogP contribution < -0.4 is 36.0 Å². The molecule has 0 saturated carbocycles. The quantitative estimate of drug-likeness (QED) is 0.101. The lowest BCUT2D eigenvalue weighted by atomic mass is 9.33. The van der Waals surface area contributed by atoms with E-state index in [4.69, 9.17) is 11.6 Å². The van der Waals surface area contributed by atoms with Gasteiger partial charge in [-0.05, 0) is 220 Å². The van der Waals surface area contributed by atoms with Crippen molar-refractivity contribution in [2.75, 3.05) is 19.6 Å². The fourth-order valence-corrected chi connectivity index (χ4v) is 17.0. The van der Waals surface area contributed by atoms with E-state index in [0.29, 0.717) is 5.02 Å². The van der Waals surface area contributed by atoms with Crippen LogP contribution in [0, 0.1) is 0 Å². The molecule has 514 valence electrons. The Hall–Kier alpha value is -13.3. The minimum atomic E-state index is 0.0961. The van der Waals surface area contributed by atoms with E-state index in [0.717, 1.165) is 75.2 Å². The van der Waals surface area contributed by atoms with Crippen LogP contribution in [0.4, 0.5) is 68.2 Å². The van der Waals surface area contributed by atoms with Crippen LogP contribution in [0.2, 0.25) is 5.02 Å². The lowest BCUT2D eigenvalue weighted by Crippen LogP contribution is -2.61. The Morgan fingerprint density at radius 3 is 1.07 bits per heavy atom. The predicted octanol–water partition coefficient (Wildman–Crippen LogP) is 25.7. The van der Waals surface area contributed by atoms with Crippen molar-refractivity contribution in [3.05, 3.63) is 404 Å². The van der Waals surface area contributed by atoms with Crippen LogP contribution >= 0.6 is 11.6 Å². The lowest BCUT2D eigenvalue weighted by molar-refractivity contribution is 1.12. The molecule has 0 unspecified atom stereocenters. The number of anilines is 12. The first-order valence-electron chi connectivity index (χ1n) is 37.4. The minimum Gasteiger partial charge on any atom is -0.311 e. The van der Waals surface area contributed by atoms with Crippen molar-refractivity contribution in [3.8, 4) is 33.6 Å². The molecule has 6 nitrogen and oxygen atoms in total. The molecule has 4 heterocycles. The van der Waals surface area contributed by atoms with Gasteiger partial charge in [-0.25, -0.2) is 0 Å². The molecule has 0 bridgehead atoms. The molecule has 0 spiro atoms. The second-order valence-electron chi connectivity index (χ2n) is 27.9. The number of fused-ring (bicyclic) bond motifs is 10. The summed E-state index contributed by atoms with van der Waals surface area (Å²) in [4.78, 5) is 9.53. The fraction of sp³-hybridized carbons (Fsp3) is 0.0400. The van der Waals surface area contributed by atoms with Crippen molar-refractivity contribution in [3.63, 3.8) is 0 Å². The molecule has 108 heavy (non-hydrogen) atoms. The first kappa shape index (κ1) is 65.4. The largest absolute Gasteiger partial charge is 0.311 e. The SMILES string of the molecule is CCc1cc(N(c2ccccc2)c2ccccc2)c(Cl)c(N(c2ccccc2)c2cccc(-c3ccc(-n4c5ccccc5c5ccccc54)cc3)c2)c1.CCc1cc2c3c(c1)N(c1ccccc1)c1cc(-c4ccc(-n5c6ccccc6c6ccccc65)cc4)ccc1B3c1ccccc1N2c1ccccc1. The maximum atomic E-state index is 7.65. The van der Waals surface area contributed by atoms with Gasteiger partial charge in [-0.1, -0.05) is 256 Å². The molecule has 2 aliphatic heterocycles. The summed E-state index contributed by atoms with van der Waals surface area (Å²) < 4.78 is 4.74. The molecule has 0 amide bonds. The maximum Gasteiger partial charge on any atom is 0.252 e. The Balaban J connectivity index is 0.000000147. The summed E-state index contributed by atoms with van der Waals surface area (Å²) in [5.41, 5.74) is 31.7. The molecule has 0 saturated heterocycles. The van der Waals surface area contributed by atoms with Gasteiger partial charge in [0, 0.05) is 89.8 Å². The van der Waals surface area contributed by atoms with E-state index in [1.54, 1.807) is 0 Å². The molecular formula is C100H74BClN6. The Morgan fingerprint density at radius 2 is 0.620 bits per heavy atom. The molecule has 20 rings (SSSR count). The van der Waals surface area contributed by atoms with Gasteiger partial charge < -0.3 is 28.7 Å². The highest BCUT2D eigenvalue weighted by Crippen LogP contribution is 2.50. The Bertz CT molecular complexity index is 6210. The van der Waals surface area contributed by atoms with Gasteiger partial charge in [-0.2, -0.15) is 0 Å². The van der Waals surface area contributed by atoms with Gasteiger partial charge in [0.2, 0.25) is 0 Å². The summed E-state index contributed by atoms with van der Waals surface area (Å²) in [6.07, 6.45) is 1.80. The maximum absolute atomic E-state index is 7.65. The monoisotopic (exact) mass is 1400 g/mol. The van der Waals surface area contributed by atoms with Crippen LogP contribution in [0.25, 0.3) is 77.2 Å². The predicted molar refractivity (Wildman–Crippen MR) is 460 cm³/mol. The zero-order valence-electron chi connectivity index (χ0n) is 60.0. The van der Waals surface area contributed by atoms with Crippen molar-refractivity contribution in [1.82, 2.24) is 9.13 Å². The van der Waals surface area contributed by atoms with E-state index >= 15 is 0 Å². The number of hydrogen-bond donors (Lipinski definition) is 0. The summed E-state index contributed by atoms with van der Waals surface area (Å²) in [6, 6.07) is 140. The zero-order valence-corrected chi connectivity index (χ0v) is 60.8. The number of aromatic nitrogens is 2. The second-order valence-corrected chi connectivity index (χ2v) is 28.2. The second kappa shape index (κ2) is 27.9. The van der Waals surface area contributed by atoms with Gasteiger partial charge in [0.25, 0.3) is 6.71 Å². The molecular weight excluding hydrogens is 1330 g/mol. The standard InChI is InChI=1S/C50H36BN3.C50H38ClN3/c1-2-34-31-48-50-49(32-34)54(38-17-7-4-8-18-38)47-33-36(27-30-43(47)51(50)42-21-11-14-24-46(42)53(48)37-15-5-3-6-16-37)35-25-28-39(29-26-35)52-44-22-12-9-19-40(44)41-20-10-13-23-45(41)52;1-2-36-33-48(52(39-18-6-3-7-19-39)40-20-8-4-9-21-40)50(51)49(34-36)53(41-22-10-5-11-23-41)43-24-16-17-38(35-43)37-29-31-42(32-30-37)54-46-27-14-12-25-44(46)45-26-13-15-28-47(45)54/h3-33H,2H2,1H3;3-35H,2H2,1H3. The summed E-state index contributed by atoms with van der Waals surface area (Å²) in [5, 5.41) is 5.74. The number of benzene rings is 16. The average molecular weight is 1410 g/mol. The highest BCUT2D eigenvalue weighted by Gasteiger charge is 2.43. The summed E-state index contributed by atoms with van der Waals surface area (Å²) in [7, 11) is 0. The van der Waals surface area contributed by atoms with E-state index in [1.807, 2.05) is 12.1 Å². The molecule has 0 fully saturated rings. The van der Waals surface area contributed by atoms with Crippen LogP contribution in [0.15, 0.2) is 388 Å². The highest BCUT2D eigenvalue weighted by atomic mass is 35.5. The van der Waals surface area contributed by atoms with Crippen LogP contribution in [-0.4, -0.2) is 15.8 Å². The van der Waals surface area contributed by atoms with Crippen LogP contribution in [0.3, 0.4) is 0 Å². The Labute approximate surface area is 635 Å². The Morgan fingerprint density at radius 1 is 0.269 bits per heavy atom. The van der Waals surface area contributed by atoms with Crippen molar-refractivity contribution in [2.45, 2.75) is 26.7 Å². The van der Waals surface area contributed by atoms with Gasteiger partial charge in [0.1, 0.15) is 0 Å². The molecule has 0 radical (unpaired) electrons. The molecule has 0 atom stereocenters. The van der Waals surface area contributed by atoms with Gasteiger partial charge in [-0.15, -0.1) is 0 Å². The third-order valence-corrected chi connectivity index (χ3v) is 22.1. The molecule has 18 aromatic rings. The topological polar surface area (TPSA) is 22.8 Å². The minimum absolute atomic E-state index is 0.0961. The summed E-state index contributed by atoms with van der Waals surface area (Å²) in [5.74, 6) is 0. The van der Waals surface area contributed by atoms with Gasteiger partial charge in [0.15, 0.2) is 0 Å². The number of nitrogens with zero attached hydrogens (tertiary/aromatic N) is 6. The average Bonchev–Trinajstić information content (AvgIpc) is 0.906. The number of rotatable bonds is 14. The summed E-state index contributed by atoms with van der Waals surface area (Å²) >= 11 is 7.65. The van der Waals surface area contributed by atoms with E-state index in [2.05, 4.69) is 419 Å². The zero-order chi connectivity index (χ0) is 72.2.